The molecule has 0 bridgehead atoms. The number of carbonyl (C=O) groups is 1. The largest absolute Gasteiger partial charge is 0.295 e. The maximum Gasteiger partial charge on any atom is 0.155 e. The van der Waals surface area contributed by atoms with Gasteiger partial charge < -0.3 is 0 Å². The number of hydrogen-bond donors (Lipinski definition) is 0. The van der Waals surface area contributed by atoms with E-state index in [-0.39, 0.29) is 11.6 Å². The van der Waals surface area contributed by atoms with Gasteiger partial charge in [-0.1, -0.05) is 18.7 Å². The number of benzene rings is 1. The molecular weight excluding hydrogens is 167 g/mol. The lowest BCUT2D eigenvalue weighted by molar-refractivity contribution is -0.114. The molecule has 68 valence electrons. The molecule has 0 aliphatic carbocycles. The van der Waals surface area contributed by atoms with Gasteiger partial charge in [0.25, 0.3) is 0 Å². The molecule has 0 radical (unpaired) electrons. The van der Waals surface area contributed by atoms with Crippen molar-refractivity contribution in [2.45, 2.75) is 12.8 Å². The fourth-order valence-corrected chi connectivity index (χ4v) is 1.02. The SMILES string of the molecule is C=CC(=O)CCc1ccc(F)cc1. The first-order valence-corrected chi connectivity index (χ1v) is 4.12. The maximum atomic E-state index is 12.5. The second kappa shape index (κ2) is 4.55. The van der Waals surface area contributed by atoms with Gasteiger partial charge in [-0.2, -0.15) is 0 Å². The Morgan fingerprint density at radius 1 is 1.38 bits per heavy atom. The third-order valence-corrected chi connectivity index (χ3v) is 1.80. The summed E-state index contributed by atoms with van der Waals surface area (Å²) in [5.41, 5.74) is 0.969. The highest BCUT2D eigenvalue weighted by Crippen LogP contribution is 2.05. The molecule has 0 saturated heterocycles. The van der Waals surface area contributed by atoms with E-state index in [1.54, 1.807) is 12.1 Å². The third kappa shape index (κ3) is 3.20. The molecule has 0 N–H and O–H groups in total. The minimum Gasteiger partial charge on any atom is -0.295 e. The zero-order chi connectivity index (χ0) is 9.68. The van der Waals surface area contributed by atoms with E-state index >= 15 is 0 Å². The van der Waals surface area contributed by atoms with Crippen LogP contribution in [-0.4, -0.2) is 5.78 Å². The van der Waals surface area contributed by atoms with Crippen molar-refractivity contribution in [3.8, 4) is 0 Å². The predicted octanol–water partition coefficient (Wildman–Crippen LogP) is 2.51. The van der Waals surface area contributed by atoms with E-state index in [0.29, 0.717) is 12.8 Å². The van der Waals surface area contributed by atoms with Crippen LogP contribution in [0.2, 0.25) is 0 Å². The molecule has 13 heavy (non-hydrogen) atoms. The van der Waals surface area contributed by atoms with Crippen LogP contribution in [-0.2, 0) is 11.2 Å². The molecule has 0 unspecified atom stereocenters. The fourth-order valence-electron chi connectivity index (χ4n) is 1.02. The first kappa shape index (κ1) is 9.65. The molecule has 0 aliphatic heterocycles. The summed E-state index contributed by atoms with van der Waals surface area (Å²) in [6.45, 7) is 3.38. The predicted molar refractivity (Wildman–Crippen MR) is 49.9 cm³/mol. The zero-order valence-corrected chi connectivity index (χ0v) is 7.29. The summed E-state index contributed by atoms with van der Waals surface area (Å²) in [4.78, 5) is 10.9. The van der Waals surface area contributed by atoms with Crippen molar-refractivity contribution in [3.63, 3.8) is 0 Å². The van der Waals surface area contributed by atoms with E-state index in [0.717, 1.165) is 5.56 Å². The van der Waals surface area contributed by atoms with Gasteiger partial charge in [0.15, 0.2) is 5.78 Å². The molecule has 1 nitrogen and oxygen atoms in total. The summed E-state index contributed by atoms with van der Waals surface area (Å²) in [5.74, 6) is -0.233. The third-order valence-electron chi connectivity index (χ3n) is 1.80. The average Bonchev–Trinajstić information content (AvgIpc) is 2.16. The van der Waals surface area contributed by atoms with Crippen molar-refractivity contribution in [2.24, 2.45) is 0 Å². The summed E-state index contributed by atoms with van der Waals surface area (Å²) in [6.07, 6.45) is 2.39. The Kier molecular flexibility index (Phi) is 3.38. The monoisotopic (exact) mass is 178 g/mol. The lowest BCUT2D eigenvalue weighted by atomic mass is 10.1. The summed E-state index contributed by atoms with van der Waals surface area (Å²) in [7, 11) is 0. The fraction of sp³-hybridized carbons (Fsp3) is 0.182. The van der Waals surface area contributed by atoms with Gasteiger partial charge in [-0.05, 0) is 30.2 Å². The molecule has 0 fully saturated rings. The zero-order valence-electron chi connectivity index (χ0n) is 7.29. The van der Waals surface area contributed by atoms with Crippen molar-refractivity contribution in [1.82, 2.24) is 0 Å². The Morgan fingerprint density at radius 2 is 2.00 bits per heavy atom. The van der Waals surface area contributed by atoms with E-state index < -0.39 is 0 Å². The molecule has 1 aromatic carbocycles. The van der Waals surface area contributed by atoms with Gasteiger partial charge in [-0.15, -0.1) is 0 Å². The number of carbonyl (C=O) groups excluding carboxylic acids is 1. The highest BCUT2D eigenvalue weighted by molar-refractivity contribution is 5.89. The summed E-state index contributed by atoms with van der Waals surface area (Å²) < 4.78 is 12.5. The Hall–Kier alpha value is -1.44. The van der Waals surface area contributed by atoms with E-state index in [9.17, 15) is 9.18 Å². The molecule has 1 rings (SSSR count). The van der Waals surface area contributed by atoms with Crippen LogP contribution >= 0.6 is 0 Å². The molecule has 2 heteroatoms. The Labute approximate surface area is 76.9 Å². The lowest BCUT2D eigenvalue weighted by Gasteiger charge is -1.97. The topological polar surface area (TPSA) is 17.1 Å². The van der Waals surface area contributed by atoms with Crippen LogP contribution in [0.3, 0.4) is 0 Å². The Morgan fingerprint density at radius 3 is 2.54 bits per heavy atom. The van der Waals surface area contributed by atoms with Gasteiger partial charge in [0.05, 0.1) is 0 Å². The first-order chi connectivity index (χ1) is 6.22. The molecule has 0 spiro atoms. The van der Waals surface area contributed by atoms with Crippen molar-refractivity contribution in [2.75, 3.05) is 0 Å². The minimum absolute atomic E-state index is 0.0179. The van der Waals surface area contributed by atoms with Crippen molar-refractivity contribution in [3.05, 3.63) is 48.3 Å². The number of halogens is 1. The quantitative estimate of drug-likeness (QED) is 0.647. The van der Waals surface area contributed by atoms with Crippen LogP contribution in [0, 0.1) is 5.82 Å². The molecular formula is C11H11FO. The number of ketones is 1. The van der Waals surface area contributed by atoms with Crippen LogP contribution in [0.15, 0.2) is 36.9 Å². The van der Waals surface area contributed by atoms with Crippen LogP contribution < -0.4 is 0 Å². The van der Waals surface area contributed by atoms with E-state index in [4.69, 9.17) is 0 Å². The van der Waals surface area contributed by atoms with E-state index in [1.807, 2.05) is 0 Å². The maximum absolute atomic E-state index is 12.5. The average molecular weight is 178 g/mol. The molecule has 0 heterocycles. The van der Waals surface area contributed by atoms with Gasteiger partial charge in [0.2, 0.25) is 0 Å². The standard InChI is InChI=1S/C11H11FO/c1-2-11(13)8-5-9-3-6-10(12)7-4-9/h2-4,6-7H,1,5,8H2. The molecule has 0 atom stereocenters. The second-order valence-corrected chi connectivity index (χ2v) is 2.80. The van der Waals surface area contributed by atoms with Crippen LogP contribution in [0.4, 0.5) is 4.39 Å². The highest BCUT2D eigenvalue weighted by atomic mass is 19.1. The van der Waals surface area contributed by atoms with Crippen LogP contribution in [0.5, 0.6) is 0 Å². The Bertz CT molecular complexity index is 300. The molecule has 0 aromatic heterocycles. The van der Waals surface area contributed by atoms with Crippen LogP contribution in [0.1, 0.15) is 12.0 Å². The van der Waals surface area contributed by atoms with Gasteiger partial charge in [0, 0.05) is 6.42 Å². The number of allylic oxidation sites excluding steroid dienone is 1. The van der Waals surface area contributed by atoms with Crippen molar-refractivity contribution in [1.29, 1.82) is 0 Å². The Balaban J connectivity index is 2.50. The smallest absolute Gasteiger partial charge is 0.155 e. The van der Waals surface area contributed by atoms with Gasteiger partial charge in [-0.25, -0.2) is 4.39 Å². The molecule has 1 aromatic rings. The first-order valence-electron chi connectivity index (χ1n) is 4.12. The van der Waals surface area contributed by atoms with Gasteiger partial charge in [0.1, 0.15) is 5.82 Å². The van der Waals surface area contributed by atoms with E-state index in [2.05, 4.69) is 6.58 Å². The van der Waals surface area contributed by atoms with Gasteiger partial charge in [-0.3, -0.25) is 4.79 Å². The second-order valence-electron chi connectivity index (χ2n) is 2.80. The number of aryl methyl sites for hydroxylation is 1. The molecule has 0 amide bonds. The summed E-state index contributed by atoms with van der Waals surface area (Å²) in [5, 5.41) is 0. The molecule has 0 saturated carbocycles. The van der Waals surface area contributed by atoms with Crippen molar-refractivity contribution < 1.29 is 9.18 Å². The summed E-state index contributed by atoms with van der Waals surface area (Å²) >= 11 is 0. The highest BCUT2D eigenvalue weighted by Gasteiger charge is 1.97. The van der Waals surface area contributed by atoms with Crippen LogP contribution in [0.25, 0.3) is 0 Å². The normalized spacial score (nSPS) is 9.62. The van der Waals surface area contributed by atoms with Gasteiger partial charge >= 0.3 is 0 Å². The minimum atomic E-state index is -0.251. The summed E-state index contributed by atoms with van der Waals surface area (Å²) in [6, 6.07) is 6.17. The van der Waals surface area contributed by atoms with Crippen molar-refractivity contribution >= 4 is 5.78 Å². The number of rotatable bonds is 4. The van der Waals surface area contributed by atoms with E-state index in [1.165, 1.54) is 18.2 Å². The molecule has 0 aliphatic rings. The number of hydrogen-bond acceptors (Lipinski definition) is 1. The lowest BCUT2D eigenvalue weighted by Crippen LogP contribution is -1.95.